The number of carbonyl (C=O) groups excluding carboxylic acids is 1. The van der Waals surface area contributed by atoms with E-state index in [1.165, 1.54) is 0 Å². The molecule has 0 radical (unpaired) electrons. The number of piperidine rings is 1. The average molecular weight is 420 g/mol. The van der Waals surface area contributed by atoms with E-state index in [1.807, 2.05) is 24.3 Å². The Kier molecular flexibility index (Phi) is 11.7. The van der Waals surface area contributed by atoms with Crippen LogP contribution in [-0.4, -0.2) is 62.8 Å². The first-order valence-corrected chi connectivity index (χ1v) is 9.34. The van der Waals surface area contributed by atoms with Gasteiger partial charge in [0.2, 0.25) is 5.91 Å². The van der Waals surface area contributed by atoms with Crippen molar-refractivity contribution in [2.24, 2.45) is 0 Å². The van der Waals surface area contributed by atoms with Crippen molar-refractivity contribution in [2.45, 2.75) is 31.8 Å². The van der Waals surface area contributed by atoms with E-state index in [-0.39, 0.29) is 36.8 Å². The van der Waals surface area contributed by atoms with E-state index >= 15 is 0 Å². The summed E-state index contributed by atoms with van der Waals surface area (Å²) >= 11 is 0. The van der Waals surface area contributed by atoms with Gasteiger partial charge in [0.15, 0.2) is 0 Å². The normalized spacial score (nSPS) is 20.1. The smallest absolute Gasteiger partial charge is 0.237 e. The van der Waals surface area contributed by atoms with Gasteiger partial charge in [0.1, 0.15) is 12.4 Å². The number of carbonyl (C=O) groups is 1. The van der Waals surface area contributed by atoms with Crippen LogP contribution in [0.4, 0.5) is 0 Å². The first-order valence-electron chi connectivity index (χ1n) is 9.34. The van der Waals surface area contributed by atoms with E-state index in [0.29, 0.717) is 13.2 Å². The van der Waals surface area contributed by atoms with Crippen LogP contribution >= 0.6 is 24.8 Å². The largest absolute Gasteiger partial charge is 0.492 e. The van der Waals surface area contributed by atoms with Crippen molar-refractivity contribution in [3.05, 3.63) is 29.8 Å². The molecule has 0 spiro atoms. The number of nitrogens with zero attached hydrogens (tertiary/aromatic N) is 1. The SMILES string of the molecule is Cl.Cl.O=C(NCc1cccc(OCCN2CCOCC2)c1)[C@H]1CCCCN1. The Morgan fingerprint density at radius 2 is 2.07 bits per heavy atom. The van der Waals surface area contributed by atoms with E-state index in [2.05, 4.69) is 15.5 Å². The Morgan fingerprint density at radius 1 is 1.26 bits per heavy atom. The minimum absolute atomic E-state index is 0. The molecule has 2 aliphatic rings. The van der Waals surface area contributed by atoms with E-state index < -0.39 is 0 Å². The predicted molar refractivity (Wildman–Crippen MR) is 111 cm³/mol. The van der Waals surface area contributed by atoms with Crippen LogP contribution in [0.5, 0.6) is 5.75 Å². The lowest BCUT2D eigenvalue weighted by atomic mass is 10.0. The Balaban J connectivity index is 0.00000182. The zero-order valence-corrected chi connectivity index (χ0v) is 17.3. The number of morpholine rings is 1. The van der Waals surface area contributed by atoms with Crippen LogP contribution in [0.1, 0.15) is 24.8 Å². The highest BCUT2D eigenvalue weighted by Crippen LogP contribution is 2.14. The second-order valence-corrected chi connectivity index (χ2v) is 6.67. The van der Waals surface area contributed by atoms with Crippen LogP contribution in [0, 0.1) is 0 Å². The molecule has 2 saturated heterocycles. The van der Waals surface area contributed by atoms with Crippen LogP contribution in [-0.2, 0) is 16.1 Å². The molecule has 0 unspecified atom stereocenters. The van der Waals surface area contributed by atoms with E-state index in [1.54, 1.807) is 0 Å². The number of benzene rings is 1. The van der Waals surface area contributed by atoms with Crippen LogP contribution in [0.15, 0.2) is 24.3 Å². The summed E-state index contributed by atoms with van der Waals surface area (Å²) in [4.78, 5) is 14.5. The van der Waals surface area contributed by atoms with Crippen molar-refractivity contribution in [1.29, 1.82) is 0 Å². The van der Waals surface area contributed by atoms with Crippen LogP contribution in [0.25, 0.3) is 0 Å². The summed E-state index contributed by atoms with van der Waals surface area (Å²) in [6, 6.07) is 7.93. The summed E-state index contributed by atoms with van der Waals surface area (Å²) in [6.45, 7) is 6.63. The molecule has 0 saturated carbocycles. The summed E-state index contributed by atoms with van der Waals surface area (Å²) in [5.41, 5.74) is 1.06. The minimum Gasteiger partial charge on any atom is -0.492 e. The van der Waals surface area contributed by atoms with Gasteiger partial charge in [-0.25, -0.2) is 0 Å². The molecule has 1 aromatic carbocycles. The van der Waals surface area contributed by atoms with Crippen molar-refractivity contribution >= 4 is 30.7 Å². The van der Waals surface area contributed by atoms with E-state index in [0.717, 1.165) is 70.0 Å². The molecule has 1 atom stereocenters. The third-order valence-corrected chi connectivity index (χ3v) is 4.77. The van der Waals surface area contributed by atoms with Crippen molar-refractivity contribution in [2.75, 3.05) is 46.0 Å². The minimum atomic E-state index is -0.0401. The summed E-state index contributed by atoms with van der Waals surface area (Å²) in [5, 5.41) is 6.30. The van der Waals surface area contributed by atoms with Gasteiger partial charge in [0.05, 0.1) is 19.3 Å². The van der Waals surface area contributed by atoms with Crippen molar-refractivity contribution < 1.29 is 14.3 Å². The van der Waals surface area contributed by atoms with Gasteiger partial charge in [0.25, 0.3) is 0 Å². The predicted octanol–water partition coefficient (Wildman–Crippen LogP) is 2.00. The molecule has 6 nitrogen and oxygen atoms in total. The Bertz CT molecular complexity index is 551. The molecule has 27 heavy (non-hydrogen) atoms. The standard InChI is InChI=1S/C19H29N3O3.2ClH/c23-19(18-6-1-2-7-20-18)21-15-16-4-3-5-17(14-16)25-13-10-22-8-11-24-12-9-22;;/h3-5,14,18,20H,1-2,6-13,15H2,(H,21,23);2*1H/t18-;;/m1../s1. The van der Waals surface area contributed by atoms with Gasteiger partial charge >= 0.3 is 0 Å². The zero-order valence-electron chi connectivity index (χ0n) is 15.7. The Labute approximate surface area is 174 Å². The quantitative estimate of drug-likeness (QED) is 0.707. The molecule has 1 aromatic rings. The fourth-order valence-corrected chi connectivity index (χ4v) is 3.25. The zero-order chi connectivity index (χ0) is 17.3. The molecule has 0 bridgehead atoms. The molecule has 2 heterocycles. The van der Waals surface area contributed by atoms with Gasteiger partial charge in [-0.2, -0.15) is 0 Å². The summed E-state index contributed by atoms with van der Waals surface area (Å²) in [5.74, 6) is 0.953. The third-order valence-electron chi connectivity index (χ3n) is 4.77. The van der Waals surface area contributed by atoms with E-state index in [9.17, 15) is 4.79 Å². The lowest BCUT2D eigenvalue weighted by Crippen LogP contribution is -2.46. The molecular weight excluding hydrogens is 389 g/mol. The summed E-state index contributed by atoms with van der Waals surface area (Å²) < 4.78 is 11.2. The lowest BCUT2D eigenvalue weighted by molar-refractivity contribution is -0.123. The first kappa shape index (κ1) is 24.0. The second kappa shape index (κ2) is 13.2. The summed E-state index contributed by atoms with van der Waals surface area (Å²) in [7, 11) is 0. The van der Waals surface area contributed by atoms with Gasteiger partial charge in [-0.05, 0) is 37.1 Å². The molecule has 0 aromatic heterocycles. The lowest BCUT2D eigenvalue weighted by Gasteiger charge is -2.26. The van der Waals surface area contributed by atoms with Crippen molar-refractivity contribution in [3.63, 3.8) is 0 Å². The van der Waals surface area contributed by atoms with Gasteiger partial charge < -0.3 is 20.1 Å². The Morgan fingerprint density at radius 3 is 2.81 bits per heavy atom. The average Bonchev–Trinajstić information content (AvgIpc) is 2.68. The van der Waals surface area contributed by atoms with E-state index in [4.69, 9.17) is 9.47 Å². The second-order valence-electron chi connectivity index (χ2n) is 6.67. The topological polar surface area (TPSA) is 62.8 Å². The molecule has 0 aliphatic carbocycles. The number of rotatable bonds is 7. The molecule has 2 N–H and O–H groups in total. The monoisotopic (exact) mass is 419 g/mol. The highest BCUT2D eigenvalue weighted by atomic mass is 35.5. The molecule has 154 valence electrons. The molecule has 8 heteroatoms. The highest BCUT2D eigenvalue weighted by molar-refractivity contribution is 5.85. The van der Waals surface area contributed by atoms with Crippen LogP contribution in [0.3, 0.4) is 0 Å². The fourth-order valence-electron chi connectivity index (χ4n) is 3.25. The number of halogens is 2. The van der Waals surface area contributed by atoms with Gasteiger partial charge in [-0.1, -0.05) is 18.6 Å². The number of amides is 1. The maximum atomic E-state index is 12.2. The third kappa shape index (κ3) is 8.23. The molecule has 1 amide bonds. The maximum Gasteiger partial charge on any atom is 0.237 e. The number of hydrogen-bond donors (Lipinski definition) is 2. The molecule has 2 aliphatic heterocycles. The highest BCUT2D eigenvalue weighted by Gasteiger charge is 2.19. The first-order chi connectivity index (χ1) is 12.3. The van der Waals surface area contributed by atoms with Crippen LogP contribution in [0.2, 0.25) is 0 Å². The number of hydrogen-bond acceptors (Lipinski definition) is 5. The van der Waals surface area contributed by atoms with Gasteiger partial charge in [0, 0.05) is 26.2 Å². The van der Waals surface area contributed by atoms with Gasteiger partial charge in [-0.3, -0.25) is 9.69 Å². The number of nitrogens with one attached hydrogen (secondary N) is 2. The fraction of sp³-hybridized carbons (Fsp3) is 0.632. The summed E-state index contributed by atoms with van der Waals surface area (Å²) in [6.07, 6.45) is 3.21. The maximum absolute atomic E-state index is 12.2. The van der Waals surface area contributed by atoms with Crippen molar-refractivity contribution in [1.82, 2.24) is 15.5 Å². The number of ether oxygens (including phenoxy) is 2. The molecule has 2 fully saturated rings. The van der Waals surface area contributed by atoms with Crippen LogP contribution < -0.4 is 15.4 Å². The van der Waals surface area contributed by atoms with Gasteiger partial charge in [-0.15, -0.1) is 24.8 Å². The Hall–Kier alpha value is -1.05. The molecule has 3 rings (SSSR count). The van der Waals surface area contributed by atoms with Crippen molar-refractivity contribution in [3.8, 4) is 5.75 Å². The molecular formula is C19H31Cl2N3O3.